The molecule has 3 amide bonds. The smallest absolute Gasteiger partial charge is 0.408 e. The first kappa shape index (κ1) is 31.3. The molecule has 2 atom stereocenters. The number of aromatic hydroxyl groups is 1. The number of rotatable bonds is 12. The standard InChI is InChI=1S/C28H47N3O5/c1-10-11-12-15-29-25(33)24(21-13-14-23(32)20(6)17-21)31(19(4)5)26(34)22(16-18(2)3)30-27(35)36-28(7,8)9/h13-14,17-19,22,24,32H,10-12,15-16H2,1-9H3,(H,29,33)(H,30,35). The minimum absolute atomic E-state index is 0.111. The zero-order chi connectivity index (χ0) is 27.6. The number of carbonyl (C=O) groups excluding carboxylic acids is 3. The molecule has 0 fully saturated rings. The Bertz CT molecular complexity index is 876. The molecule has 8 heteroatoms. The molecule has 0 bridgehead atoms. The molecule has 0 spiro atoms. The zero-order valence-electron chi connectivity index (χ0n) is 23.6. The second-order valence-electron chi connectivity index (χ2n) is 11.1. The van der Waals surface area contributed by atoms with Crippen molar-refractivity contribution in [3.8, 4) is 5.75 Å². The molecule has 8 nitrogen and oxygen atoms in total. The summed E-state index contributed by atoms with van der Waals surface area (Å²) in [6.45, 7) is 17.3. The third-order valence-electron chi connectivity index (χ3n) is 5.65. The van der Waals surface area contributed by atoms with Crippen LogP contribution in [0.2, 0.25) is 0 Å². The molecule has 2 unspecified atom stereocenters. The minimum Gasteiger partial charge on any atom is -0.508 e. The van der Waals surface area contributed by atoms with E-state index in [1.165, 1.54) is 11.0 Å². The van der Waals surface area contributed by atoms with Gasteiger partial charge < -0.3 is 25.4 Å². The second kappa shape index (κ2) is 14.1. The Morgan fingerprint density at radius 1 is 1.08 bits per heavy atom. The summed E-state index contributed by atoms with van der Waals surface area (Å²) in [4.78, 5) is 41.7. The molecular weight excluding hydrogens is 458 g/mol. The monoisotopic (exact) mass is 505 g/mol. The van der Waals surface area contributed by atoms with Gasteiger partial charge in [0, 0.05) is 12.6 Å². The maximum atomic E-state index is 14.0. The molecule has 0 radical (unpaired) electrons. The van der Waals surface area contributed by atoms with Crippen molar-refractivity contribution in [1.29, 1.82) is 0 Å². The third kappa shape index (κ3) is 10.1. The Balaban J connectivity index is 3.43. The number of alkyl carbamates (subject to hydrolysis) is 1. The summed E-state index contributed by atoms with van der Waals surface area (Å²) in [5.74, 6) is -0.421. The van der Waals surface area contributed by atoms with Gasteiger partial charge in [-0.15, -0.1) is 0 Å². The van der Waals surface area contributed by atoms with Gasteiger partial charge in [-0.2, -0.15) is 0 Å². The first-order valence-electron chi connectivity index (χ1n) is 13.1. The van der Waals surface area contributed by atoms with E-state index in [1.54, 1.807) is 39.8 Å². The van der Waals surface area contributed by atoms with Crippen LogP contribution in [0.15, 0.2) is 18.2 Å². The van der Waals surface area contributed by atoms with Crippen molar-refractivity contribution in [1.82, 2.24) is 15.5 Å². The van der Waals surface area contributed by atoms with Crippen LogP contribution < -0.4 is 10.6 Å². The van der Waals surface area contributed by atoms with Gasteiger partial charge in [0.15, 0.2) is 0 Å². The van der Waals surface area contributed by atoms with Crippen molar-refractivity contribution >= 4 is 17.9 Å². The lowest BCUT2D eigenvalue weighted by Gasteiger charge is -2.37. The quantitative estimate of drug-likeness (QED) is 0.337. The lowest BCUT2D eigenvalue weighted by Crippen LogP contribution is -2.55. The van der Waals surface area contributed by atoms with Gasteiger partial charge in [-0.1, -0.05) is 39.7 Å². The number of unbranched alkanes of at least 4 members (excludes halogenated alkanes) is 2. The molecule has 0 heterocycles. The average molecular weight is 506 g/mol. The van der Waals surface area contributed by atoms with E-state index in [0.717, 1.165) is 19.3 Å². The van der Waals surface area contributed by atoms with Crippen LogP contribution in [0, 0.1) is 12.8 Å². The summed E-state index contributed by atoms with van der Waals surface area (Å²) >= 11 is 0. The van der Waals surface area contributed by atoms with Gasteiger partial charge in [-0.25, -0.2) is 4.79 Å². The molecule has 0 saturated heterocycles. The predicted octanol–water partition coefficient (Wildman–Crippen LogP) is 5.22. The molecule has 0 aliphatic heterocycles. The van der Waals surface area contributed by atoms with Gasteiger partial charge in [0.1, 0.15) is 23.4 Å². The number of phenolic OH excluding ortho intramolecular Hbond substituents is 1. The molecule has 0 aliphatic rings. The van der Waals surface area contributed by atoms with Crippen LogP contribution in [0.25, 0.3) is 0 Å². The van der Waals surface area contributed by atoms with Crippen LogP contribution in [0.1, 0.15) is 98.2 Å². The van der Waals surface area contributed by atoms with E-state index in [1.807, 2.05) is 27.7 Å². The highest BCUT2D eigenvalue weighted by molar-refractivity contribution is 5.92. The Labute approximate surface area is 217 Å². The van der Waals surface area contributed by atoms with Gasteiger partial charge in [0.25, 0.3) is 0 Å². The fourth-order valence-corrected chi connectivity index (χ4v) is 3.97. The Hall–Kier alpha value is -2.77. The number of hydrogen-bond donors (Lipinski definition) is 3. The van der Waals surface area contributed by atoms with E-state index in [4.69, 9.17) is 4.74 Å². The highest BCUT2D eigenvalue weighted by atomic mass is 16.6. The highest BCUT2D eigenvalue weighted by Crippen LogP contribution is 2.29. The van der Waals surface area contributed by atoms with E-state index in [2.05, 4.69) is 17.6 Å². The van der Waals surface area contributed by atoms with E-state index >= 15 is 0 Å². The number of aryl methyl sites for hydroxylation is 1. The molecule has 0 aromatic heterocycles. The van der Waals surface area contributed by atoms with Crippen LogP contribution in [0.3, 0.4) is 0 Å². The Morgan fingerprint density at radius 2 is 1.72 bits per heavy atom. The van der Waals surface area contributed by atoms with E-state index < -0.39 is 23.8 Å². The largest absolute Gasteiger partial charge is 0.508 e. The van der Waals surface area contributed by atoms with Crippen molar-refractivity contribution in [3.63, 3.8) is 0 Å². The van der Waals surface area contributed by atoms with Gasteiger partial charge in [-0.3, -0.25) is 9.59 Å². The van der Waals surface area contributed by atoms with Crippen molar-refractivity contribution in [3.05, 3.63) is 29.3 Å². The Kier molecular flexibility index (Phi) is 12.2. The second-order valence-corrected chi connectivity index (χ2v) is 11.1. The normalized spacial score (nSPS) is 13.3. The summed E-state index contributed by atoms with van der Waals surface area (Å²) in [7, 11) is 0. The first-order chi connectivity index (χ1) is 16.7. The first-order valence-corrected chi connectivity index (χ1v) is 13.1. The molecular formula is C28H47N3O5. The van der Waals surface area contributed by atoms with Gasteiger partial charge in [0.2, 0.25) is 11.8 Å². The fraction of sp³-hybridized carbons (Fsp3) is 0.679. The molecule has 204 valence electrons. The number of nitrogens with zero attached hydrogens (tertiary/aromatic N) is 1. The van der Waals surface area contributed by atoms with Crippen molar-refractivity contribution in [2.75, 3.05) is 6.54 Å². The van der Waals surface area contributed by atoms with E-state index in [-0.39, 0.29) is 29.5 Å². The number of amides is 3. The maximum Gasteiger partial charge on any atom is 0.408 e. The number of benzene rings is 1. The molecule has 0 aliphatic carbocycles. The molecule has 1 aromatic carbocycles. The summed E-state index contributed by atoms with van der Waals surface area (Å²) in [6.07, 6.45) is 2.58. The third-order valence-corrected chi connectivity index (χ3v) is 5.65. The number of hydrogen-bond acceptors (Lipinski definition) is 5. The number of phenols is 1. The highest BCUT2D eigenvalue weighted by Gasteiger charge is 2.38. The maximum absolute atomic E-state index is 14.0. The SMILES string of the molecule is CCCCCNC(=O)C(c1ccc(O)c(C)c1)N(C(=O)C(CC(C)C)NC(=O)OC(C)(C)C)C(C)C. The van der Waals surface area contributed by atoms with Gasteiger partial charge in [0.05, 0.1) is 0 Å². The van der Waals surface area contributed by atoms with Crippen LogP contribution >= 0.6 is 0 Å². The van der Waals surface area contributed by atoms with Crippen LogP contribution in [0.4, 0.5) is 4.79 Å². The van der Waals surface area contributed by atoms with Crippen molar-refractivity contribution in [2.45, 2.75) is 112 Å². The van der Waals surface area contributed by atoms with Crippen LogP contribution in [-0.4, -0.2) is 52.1 Å². The predicted molar refractivity (Wildman–Crippen MR) is 143 cm³/mol. The average Bonchev–Trinajstić information content (AvgIpc) is 2.74. The molecule has 1 aromatic rings. The number of carbonyl (C=O) groups is 3. The van der Waals surface area contributed by atoms with Crippen molar-refractivity contribution < 1.29 is 24.2 Å². The van der Waals surface area contributed by atoms with Crippen molar-refractivity contribution in [2.24, 2.45) is 5.92 Å². The molecule has 1 rings (SSSR count). The summed E-state index contributed by atoms with van der Waals surface area (Å²) < 4.78 is 5.41. The summed E-state index contributed by atoms with van der Waals surface area (Å²) in [6, 6.07) is 2.81. The summed E-state index contributed by atoms with van der Waals surface area (Å²) in [5.41, 5.74) is 0.497. The van der Waals surface area contributed by atoms with Gasteiger partial charge in [-0.05, 0) is 83.6 Å². The zero-order valence-corrected chi connectivity index (χ0v) is 23.6. The van der Waals surface area contributed by atoms with E-state index in [0.29, 0.717) is 24.1 Å². The van der Waals surface area contributed by atoms with E-state index in [9.17, 15) is 19.5 Å². The number of ether oxygens (including phenoxy) is 1. The van der Waals surface area contributed by atoms with Crippen LogP contribution in [-0.2, 0) is 14.3 Å². The Morgan fingerprint density at radius 3 is 2.22 bits per heavy atom. The molecule has 3 N–H and O–H groups in total. The topological polar surface area (TPSA) is 108 Å². The fourth-order valence-electron chi connectivity index (χ4n) is 3.97. The summed E-state index contributed by atoms with van der Waals surface area (Å²) in [5, 5.41) is 15.8. The van der Waals surface area contributed by atoms with Gasteiger partial charge >= 0.3 is 6.09 Å². The van der Waals surface area contributed by atoms with Crippen LogP contribution in [0.5, 0.6) is 5.75 Å². The number of nitrogens with one attached hydrogen (secondary N) is 2. The lowest BCUT2D eigenvalue weighted by atomic mass is 9.97. The lowest BCUT2D eigenvalue weighted by molar-refractivity contribution is -0.144. The minimum atomic E-state index is -0.923. The molecule has 36 heavy (non-hydrogen) atoms. The molecule has 0 saturated carbocycles.